The van der Waals surface area contributed by atoms with Gasteiger partial charge in [-0.05, 0) is 18.6 Å². The fraction of sp³-hybridized carbons (Fsp3) is 0.300. The van der Waals surface area contributed by atoms with Gasteiger partial charge in [0, 0.05) is 12.2 Å². The molecule has 2 nitrogen and oxygen atoms in total. The second-order valence-corrected chi connectivity index (χ2v) is 2.68. The van der Waals surface area contributed by atoms with Crippen molar-refractivity contribution in [3.63, 3.8) is 0 Å². The van der Waals surface area contributed by atoms with Crippen molar-refractivity contribution in [3.8, 4) is 0 Å². The molecule has 0 radical (unpaired) electrons. The molecule has 1 aromatic rings. The molecule has 0 aliphatic rings. The van der Waals surface area contributed by atoms with Gasteiger partial charge in [0.25, 0.3) is 0 Å². The summed E-state index contributed by atoms with van der Waals surface area (Å²) in [4.78, 5) is 12.1. The fourth-order valence-electron chi connectivity index (χ4n) is 1.09. The first-order valence-electron chi connectivity index (χ1n) is 4.21. The largest absolute Gasteiger partial charge is 0.315 e. The van der Waals surface area contributed by atoms with E-state index in [2.05, 4.69) is 0 Å². The van der Waals surface area contributed by atoms with Gasteiger partial charge in [-0.15, -0.1) is 0 Å². The molecule has 1 aromatic carbocycles. The zero-order chi connectivity index (χ0) is 9.52. The Balaban J connectivity index is 2.61. The lowest BCUT2D eigenvalue weighted by atomic mass is 10.3. The van der Waals surface area contributed by atoms with Gasteiger partial charge in [0.1, 0.15) is 0 Å². The summed E-state index contributed by atoms with van der Waals surface area (Å²) in [6.45, 7) is 0.0428. The van der Waals surface area contributed by atoms with Gasteiger partial charge < -0.3 is 4.90 Å². The summed E-state index contributed by atoms with van der Waals surface area (Å²) in [5, 5.41) is 0. The number of hydrogen-bond acceptors (Lipinski definition) is 1. The first-order valence-corrected chi connectivity index (χ1v) is 4.21. The van der Waals surface area contributed by atoms with Crippen molar-refractivity contribution in [2.24, 2.45) is 0 Å². The predicted octanol–water partition coefficient (Wildman–Crippen LogP) is 2.01. The summed E-state index contributed by atoms with van der Waals surface area (Å²) >= 11 is 0. The van der Waals surface area contributed by atoms with Crippen molar-refractivity contribution in [2.75, 3.05) is 18.1 Å². The molecule has 0 heterocycles. The number of alkyl halides is 1. The van der Waals surface area contributed by atoms with Gasteiger partial charge in [-0.2, -0.15) is 0 Å². The highest BCUT2D eigenvalue weighted by atomic mass is 19.1. The maximum absolute atomic E-state index is 11.9. The van der Waals surface area contributed by atoms with Gasteiger partial charge in [-0.1, -0.05) is 18.2 Å². The Morgan fingerprint density at radius 1 is 1.31 bits per heavy atom. The van der Waals surface area contributed by atoms with Gasteiger partial charge in [-0.25, -0.2) is 0 Å². The minimum atomic E-state index is -0.392. The first-order chi connectivity index (χ1) is 6.38. The predicted molar refractivity (Wildman–Crippen MR) is 50.4 cm³/mol. The summed E-state index contributed by atoms with van der Waals surface area (Å²) in [6, 6.07) is 9.23. The summed E-state index contributed by atoms with van der Waals surface area (Å²) in [7, 11) is 0. The van der Waals surface area contributed by atoms with Crippen LogP contribution in [0.1, 0.15) is 6.42 Å². The second-order valence-electron chi connectivity index (χ2n) is 2.68. The molecule has 13 heavy (non-hydrogen) atoms. The SMILES string of the molecule is O=CN(CCCF)c1ccccc1. The molecule has 0 aliphatic carbocycles. The molecule has 0 aromatic heterocycles. The van der Waals surface area contributed by atoms with Gasteiger partial charge in [0.2, 0.25) is 6.41 Å². The van der Waals surface area contributed by atoms with Crippen LogP contribution in [0, 0.1) is 0 Å². The topological polar surface area (TPSA) is 20.3 Å². The lowest BCUT2D eigenvalue weighted by Crippen LogP contribution is -2.22. The van der Waals surface area contributed by atoms with Crippen molar-refractivity contribution >= 4 is 12.1 Å². The van der Waals surface area contributed by atoms with Crippen molar-refractivity contribution in [1.82, 2.24) is 0 Å². The van der Waals surface area contributed by atoms with Crippen LogP contribution in [0.3, 0.4) is 0 Å². The van der Waals surface area contributed by atoms with Gasteiger partial charge in [0.15, 0.2) is 0 Å². The van der Waals surface area contributed by atoms with Crippen LogP contribution in [0.25, 0.3) is 0 Å². The number of hydrogen-bond donors (Lipinski definition) is 0. The molecule has 70 valence electrons. The third-order valence-corrected chi connectivity index (χ3v) is 1.75. The van der Waals surface area contributed by atoms with Crippen LogP contribution in [0.15, 0.2) is 30.3 Å². The van der Waals surface area contributed by atoms with Crippen LogP contribution in [0.5, 0.6) is 0 Å². The van der Waals surface area contributed by atoms with Gasteiger partial charge in [-0.3, -0.25) is 9.18 Å². The highest BCUT2D eigenvalue weighted by Gasteiger charge is 2.02. The van der Waals surface area contributed by atoms with E-state index in [0.717, 1.165) is 12.1 Å². The smallest absolute Gasteiger partial charge is 0.214 e. The number of carbonyl (C=O) groups excluding carboxylic acids is 1. The van der Waals surface area contributed by atoms with Crippen LogP contribution in [-0.4, -0.2) is 19.6 Å². The quantitative estimate of drug-likeness (QED) is 0.636. The minimum absolute atomic E-state index is 0.383. The number of anilines is 1. The molecule has 0 N–H and O–H groups in total. The summed E-state index contributed by atoms with van der Waals surface area (Å²) in [6.07, 6.45) is 1.11. The third kappa shape index (κ3) is 2.86. The van der Waals surface area contributed by atoms with Crippen LogP contribution >= 0.6 is 0 Å². The molecule has 1 amide bonds. The molecular formula is C10H12FNO. The molecule has 0 saturated heterocycles. The summed E-state index contributed by atoms with van der Waals surface area (Å²) in [5.74, 6) is 0. The second kappa shape index (κ2) is 5.30. The molecule has 1 rings (SSSR count). The Labute approximate surface area is 77.0 Å². The first kappa shape index (κ1) is 9.71. The molecule has 0 spiro atoms. The molecule has 0 unspecified atom stereocenters. The number of rotatable bonds is 5. The van der Waals surface area contributed by atoms with E-state index < -0.39 is 6.67 Å². The number of benzene rings is 1. The maximum atomic E-state index is 11.9. The van der Waals surface area contributed by atoms with Crippen LogP contribution < -0.4 is 4.90 Å². The lowest BCUT2D eigenvalue weighted by Gasteiger charge is -2.15. The lowest BCUT2D eigenvalue weighted by molar-refractivity contribution is -0.107. The highest BCUT2D eigenvalue weighted by Crippen LogP contribution is 2.11. The van der Waals surface area contributed by atoms with E-state index in [0.29, 0.717) is 13.0 Å². The highest BCUT2D eigenvalue weighted by molar-refractivity contribution is 5.74. The van der Waals surface area contributed by atoms with Crippen LogP contribution in [-0.2, 0) is 4.79 Å². The van der Waals surface area contributed by atoms with E-state index in [4.69, 9.17) is 0 Å². The standard InChI is InChI=1S/C10H12FNO/c11-7-4-8-12(9-13)10-5-2-1-3-6-10/h1-3,5-6,9H,4,7-8H2. The monoisotopic (exact) mass is 181 g/mol. The van der Waals surface area contributed by atoms with Gasteiger partial charge in [0.05, 0.1) is 6.67 Å². The Bertz CT molecular complexity index is 250. The molecule has 0 saturated carbocycles. The van der Waals surface area contributed by atoms with Crippen LogP contribution in [0.4, 0.5) is 10.1 Å². The maximum Gasteiger partial charge on any atom is 0.214 e. The van der Waals surface area contributed by atoms with Crippen LogP contribution in [0.2, 0.25) is 0 Å². The zero-order valence-electron chi connectivity index (χ0n) is 7.32. The number of nitrogens with zero attached hydrogens (tertiary/aromatic N) is 1. The number of amides is 1. The van der Waals surface area contributed by atoms with Crippen molar-refractivity contribution < 1.29 is 9.18 Å². The van der Waals surface area contributed by atoms with E-state index in [1.165, 1.54) is 4.90 Å². The molecule has 0 fully saturated rings. The number of carbonyl (C=O) groups is 1. The molecule has 3 heteroatoms. The van der Waals surface area contributed by atoms with E-state index in [9.17, 15) is 9.18 Å². The minimum Gasteiger partial charge on any atom is -0.315 e. The average molecular weight is 181 g/mol. The van der Waals surface area contributed by atoms with Crippen molar-refractivity contribution in [3.05, 3.63) is 30.3 Å². The molecule has 0 bridgehead atoms. The van der Waals surface area contributed by atoms with E-state index >= 15 is 0 Å². The fourth-order valence-corrected chi connectivity index (χ4v) is 1.09. The van der Waals surface area contributed by atoms with E-state index in [-0.39, 0.29) is 0 Å². The number of halogens is 1. The van der Waals surface area contributed by atoms with Gasteiger partial charge >= 0.3 is 0 Å². The Kier molecular flexibility index (Phi) is 3.96. The molecule has 0 aliphatic heterocycles. The Morgan fingerprint density at radius 3 is 2.54 bits per heavy atom. The summed E-state index contributed by atoms with van der Waals surface area (Å²) < 4.78 is 11.9. The van der Waals surface area contributed by atoms with E-state index in [1.54, 1.807) is 0 Å². The number of para-hydroxylation sites is 1. The van der Waals surface area contributed by atoms with E-state index in [1.807, 2.05) is 30.3 Å². The Hall–Kier alpha value is -1.38. The Morgan fingerprint density at radius 2 is 2.00 bits per heavy atom. The normalized spacial score (nSPS) is 9.62. The molecular weight excluding hydrogens is 169 g/mol. The summed E-state index contributed by atoms with van der Waals surface area (Å²) in [5.41, 5.74) is 0.811. The van der Waals surface area contributed by atoms with Crippen molar-refractivity contribution in [1.29, 1.82) is 0 Å². The zero-order valence-corrected chi connectivity index (χ0v) is 7.32. The van der Waals surface area contributed by atoms with Crippen molar-refractivity contribution in [2.45, 2.75) is 6.42 Å². The average Bonchev–Trinajstić information content (AvgIpc) is 2.21. The third-order valence-electron chi connectivity index (χ3n) is 1.75. The molecule has 0 atom stereocenters.